The highest BCUT2D eigenvalue weighted by atomic mass is 16.4. The lowest BCUT2D eigenvalue weighted by molar-refractivity contribution is -0.193. The van der Waals surface area contributed by atoms with E-state index in [9.17, 15) is 20.1 Å². The molecule has 6 atom stereocenters. The first kappa shape index (κ1) is 14.5. The van der Waals surface area contributed by atoms with Gasteiger partial charge in [-0.25, -0.2) is 0 Å². The second kappa shape index (κ2) is 5.40. The van der Waals surface area contributed by atoms with E-state index in [1.165, 1.54) is 0 Å². The van der Waals surface area contributed by atoms with E-state index in [4.69, 9.17) is 0 Å². The minimum absolute atomic E-state index is 0.109. The highest BCUT2D eigenvalue weighted by molar-refractivity contribution is 5.74. The molecule has 1 aliphatic carbocycles. The largest absolute Gasteiger partial charge is 0.480 e. The zero-order chi connectivity index (χ0) is 15.1. The minimum Gasteiger partial charge on any atom is -0.480 e. The standard InChI is InChI=1S/C16H21NO4/c1-9(10-5-3-2-4-6-10)17-12-8-7-11(13(17)16(20)21)14(18)15(12)19/h2-6,9,11-15,18-19H,7-8H2,1H3,(H,20,21)/t9-,11+,12+,13+,14+,15-/m1/s1. The van der Waals surface area contributed by atoms with Crippen LogP contribution in [0.2, 0.25) is 0 Å². The summed E-state index contributed by atoms with van der Waals surface area (Å²) in [5.41, 5.74) is 1.03. The second-order valence-corrected chi connectivity index (χ2v) is 6.11. The van der Waals surface area contributed by atoms with Crippen molar-refractivity contribution >= 4 is 5.97 Å². The topological polar surface area (TPSA) is 81.0 Å². The highest BCUT2D eigenvalue weighted by Gasteiger charge is 2.55. The van der Waals surface area contributed by atoms with Crippen LogP contribution >= 0.6 is 0 Å². The van der Waals surface area contributed by atoms with Gasteiger partial charge in [0.1, 0.15) is 6.04 Å². The predicted molar refractivity (Wildman–Crippen MR) is 76.6 cm³/mol. The molecule has 3 fully saturated rings. The van der Waals surface area contributed by atoms with Gasteiger partial charge in [-0.15, -0.1) is 0 Å². The number of carbonyl (C=O) groups is 1. The monoisotopic (exact) mass is 291 g/mol. The zero-order valence-corrected chi connectivity index (χ0v) is 12.0. The number of carboxylic acids is 1. The van der Waals surface area contributed by atoms with Gasteiger partial charge in [0.15, 0.2) is 0 Å². The molecule has 2 saturated heterocycles. The highest BCUT2D eigenvalue weighted by Crippen LogP contribution is 2.44. The first-order valence-electron chi connectivity index (χ1n) is 7.43. The Morgan fingerprint density at radius 1 is 1.19 bits per heavy atom. The molecule has 2 aliphatic heterocycles. The van der Waals surface area contributed by atoms with E-state index < -0.39 is 30.1 Å². The van der Waals surface area contributed by atoms with Gasteiger partial charge in [-0.3, -0.25) is 9.69 Å². The van der Waals surface area contributed by atoms with Gasteiger partial charge < -0.3 is 15.3 Å². The van der Waals surface area contributed by atoms with Crippen LogP contribution < -0.4 is 0 Å². The van der Waals surface area contributed by atoms with Crippen LogP contribution in [0.4, 0.5) is 0 Å². The molecule has 0 amide bonds. The Labute approximate surface area is 123 Å². The molecule has 3 aliphatic rings. The summed E-state index contributed by atoms with van der Waals surface area (Å²) < 4.78 is 0. The van der Waals surface area contributed by atoms with Crippen LogP contribution in [0.5, 0.6) is 0 Å². The van der Waals surface area contributed by atoms with Crippen molar-refractivity contribution in [1.29, 1.82) is 0 Å². The van der Waals surface area contributed by atoms with Crippen molar-refractivity contribution in [2.45, 2.75) is 50.1 Å². The van der Waals surface area contributed by atoms with Crippen molar-refractivity contribution in [2.24, 2.45) is 5.92 Å². The van der Waals surface area contributed by atoms with Crippen LogP contribution in [-0.2, 0) is 4.79 Å². The number of hydrogen-bond donors (Lipinski definition) is 3. The van der Waals surface area contributed by atoms with Crippen molar-refractivity contribution < 1.29 is 20.1 Å². The number of aliphatic carboxylic acids is 1. The number of piperidine rings is 2. The van der Waals surface area contributed by atoms with Gasteiger partial charge in [-0.1, -0.05) is 30.3 Å². The first-order valence-corrected chi connectivity index (χ1v) is 7.43. The van der Waals surface area contributed by atoms with Crippen LogP contribution in [0.15, 0.2) is 30.3 Å². The molecule has 0 unspecified atom stereocenters. The lowest BCUT2D eigenvalue weighted by Crippen LogP contribution is -2.69. The summed E-state index contributed by atoms with van der Waals surface area (Å²) in [4.78, 5) is 13.6. The summed E-state index contributed by atoms with van der Waals surface area (Å²) >= 11 is 0. The molecule has 1 aromatic carbocycles. The van der Waals surface area contributed by atoms with E-state index in [-0.39, 0.29) is 12.1 Å². The minimum atomic E-state index is -0.941. The summed E-state index contributed by atoms with van der Waals surface area (Å²) in [5.74, 6) is -1.33. The zero-order valence-electron chi connectivity index (χ0n) is 12.0. The molecule has 0 spiro atoms. The Hall–Kier alpha value is -1.43. The Morgan fingerprint density at radius 3 is 2.48 bits per heavy atom. The normalized spacial score (nSPS) is 37.4. The maximum Gasteiger partial charge on any atom is 0.321 e. The number of rotatable bonds is 3. The fourth-order valence-corrected chi connectivity index (χ4v) is 4.03. The average Bonchev–Trinajstić information content (AvgIpc) is 2.51. The summed E-state index contributed by atoms with van der Waals surface area (Å²) in [6, 6.07) is 8.56. The molecular weight excluding hydrogens is 270 g/mol. The molecule has 21 heavy (non-hydrogen) atoms. The summed E-state index contributed by atoms with van der Waals surface area (Å²) in [6.07, 6.45) is -0.434. The third-order valence-corrected chi connectivity index (χ3v) is 5.07. The summed E-state index contributed by atoms with van der Waals surface area (Å²) in [5, 5.41) is 30.0. The smallest absolute Gasteiger partial charge is 0.321 e. The van der Waals surface area contributed by atoms with E-state index in [2.05, 4.69) is 0 Å². The molecule has 2 bridgehead atoms. The maximum atomic E-state index is 11.7. The Morgan fingerprint density at radius 2 is 1.86 bits per heavy atom. The van der Waals surface area contributed by atoms with Crippen LogP contribution in [0.1, 0.15) is 31.4 Å². The number of benzene rings is 1. The third kappa shape index (κ3) is 2.25. The molecule has 114 valence electrons. The van der Waals surface area contributed by atoms with E-state index in [1.807, 2.05) is 42.2 Å². The van der Waals surface area contributed by atoms with Gasteiger partial charge >= 0.3 is 5.97 Å². The van der Waals surface area contributed by atoms with Crippen LogP contribution in [0.25, 0.3) is 0 Å². The van der Waals surface area contributed by atoms with E-state index in [0.29, 0.717) is 6.42 Å². The molecule has 3 N–H and O–H groups in total. The second-order valence-electron chi connectivity index (χ2n) is 6.11. The lowest BCUT2D eigenvalue weighted by atomic mass is 9.70. The van der Waals surface area contributed by atoms with Crippen molar-refractivity contribution in [3.63, 3.8) is 0 Å². The Kier molecular flexibility index (Phi) is 3.73. The maximum absolute atomic E-state index is 11.7. The Balaban J connectivity index is 1.97. The molecule has 5 nitrogen and oxygen atoms in total. The molecule has 0 aromatic heterocycles. The number of aliphatic hydroxyl groups is 2. The molecular formula is C16H21NO4. The predicted octanol–water partition coefficient (Wildman–Crippen LogP) is 1.02. The fourth-order valence-electron chi connectivity index (χ4n) is 4.03. The number of carboxylic acid groups (broad SMARTS) is 1. The van der Waals surface area contributed by atoms with Crippen LogP contribution in [-0.4, -0.2) is 50.5 Å². The SMILES string of the molecule is C[C@H](c1ccccc1)N1[C@H](C(=O)O)[C@@H]2CC[C@H]1[C@@H](O)[C@H]2O. The molecule has 2 heterocycles. The lowest BCUT2D eigenvalue weighted by Gasteiger charge is -2.56. The molecule has 1 aromatic rings. The average molecular weight is 291 g/mol. The number of fused-ring (bicyclic) bond motifs is 3. The molecule has 4 rings (SSSR count). The van der Waals surface area contributed by atoms with E-state index in [1.54, 1.807) is 0 Å². The van der Waals surface area contributed by atoms with Crippen molar-refractivity contribution in [3.05, 3.63) is 35.9 Å². The van der Waals surface area contributed by atoms with Crippen molar-refractivity contribution in [3.8, 4) is 0 Å². The summed E-state index contributed by atoms with van der Waals surface area (Å²) in [6.45, 7) is 1.96. The van der Waals surface area contributed by atoms with Gasteiger partial charge in [0, 0.05) is 18.0 Å². The fraction of sp³-hybridized carbons (Fsp3) is 0.562. The molecule has 0 radical (unpaired) electrons. The number of hydrogen-bond acceptors (Lipinski definition) is 4. The summed E-state index contributed by atoms with van der Waals surface area (Å²) in [7, 11) is 0. The van der Waals surface area contributed by atoms with Gasteiger partial charge in [-0.05, 0) is 25.3 Å². The quantitative estimate of drug-likeness (QED) is 0.774. The number of aliphatic hydroxyl groups excluding tert-OH is 2. The van der Waals surface area contributed by atoms with Crippen molar-refractivity contribution in [1.82, 2.24) is 4.90 Å². The van der Waals surface area contributed by atoms with Crippen LogP contribution in [0.3, 0.4) is 0 Å². The third-order valence-electron chi connectivity index (χ3n) is 5.07. The van der Waals surface area contributed by atoms with Gasteiger partial charge in [0.2, 0.25) is 0 Å². The molecule has 5 heteroatoms. The van der Waals surface area contributed by atoms with Gasteiger partial charge in [0.05, 0.1) is 12.2 Å². The van der Waals surface area contributed by atoms with E-state index >= 15 is 0 Å². The Bertz CT molecular complexity index is 520. The van der Waals surface area contributed by atoms with Gasteiger partial charge in [-0.2, -0.15) is 0 Å². The van der Waals surface area contributed by atoms with Crippen molar-refractivity contribution in [2.75, 3.05) is 0 Å². The molecule has 1 saturated carbocycles. The van der Waals surface area contributed by atoms with Gasteiger partial charge in [0.25, 0.3) is 0 Å². The first-order chi connectivity index (χ1) is 10.0. The number of nitrogens with zero attached hydrogens (tertiary/aromatic N) is 1. The van der Waals surface area contributed by atoms with Crippen LogP contribution in [0, 0.1) is 5.92 Å². The van der Waals surface area contributed by atoms with E-state index in [0.717, 1.165) is 12.0 Å².